The van der Waals surface area contributed by atoms with Crippen molar-refractivity contribution in [3.63, 3.8) is 0 Å². The summed E-state index contributed by atoms with van der Waals surface area (Å²) in [5.41, 5.74) is 0. The molecule has 6 nitrogen and oxygen atoms in total. The number of nitriles is 2. The Balaban J connectivity index is -0.000000155. The molecule has 7 heteroatoms. The number of halogens is 1. The zero-order valence-corrected chi connectivity index (χ0v) is 20.2. The lowest BCUT2D eigenvalue weighted by atomic mass is 10.4. The number of carbonyl (C=O) groups is 2. The van der Waals surface area contributed by atoms with Crippen LogP contribution in [0.4, 0.5) is 0 Å². The molecule has 0 unspecified atom stereocenters. The average molecular weight is 473 g/mol. The number of allylic oxidation sites excluding steroid dienone is 1. The van der Waals surface area contributed by atoms with Crippen LogP contribution in [0, 0.1) is 22.7 Å². The summed E-state index contributed by atoms with van der Waals surface area (Å²) in [5, 5.41) is 23.6. The third-order valence-electron chi connectivity index (χ3n) is 2.40. The van der Waals surface area contributed by atoms with E-state index in [0.29, 0.717) is 13.0 Å². The molecule has 33 heavy (non-hydrogen) atoms. The first-order valence-electron chi connectivity index (χ1n) is 9.89. The maximum absolute atomic E-state index is 10.1. The zero-order chi connectivity index (χ0) is 26.2. The van der Waals surface area contributed by atoms with Gasteiger partial charge in [0, 0.05) is 30.0 Å². The van der Waals surface area contributed by atoms with Crippen molar-refractivity contribution in [3.8, 4) is 12.1 Å². The maximum atomic E-state index is 10.1. The molecule has 0 fully saturated rings. The minimum Gasteiger partial charge on any atom is -0.481 e. The molecular formula is C26H33ClN2O4. The number of esters is 1. The van der Waals surface area contributed by atoms with E-state index < -0.39 is 5.97 Å². The average Bonchev–Trinajstić information content (AvgIpc) is 2.87. The second kappa shape index (κ2) is 35.6. The van der Waals surface area contributed by atoms with Gasteiger partial charge in [0.25, 0.3) is 0 Å². The number of hydrogen-bond donors (Lipinski definition) is 1. The Morgan fingerprint density at radius 2 is 1.30 bits per heavy atom. The Morgan fingerprint density at radius 3 is 1.42 bits per heavy atom. The van der Waals surface area contributed by atoms with Gasteiger partial charge in [-0.25, -0.2) is 4.79 Å². The van der Waals surface area contributed by atoms with Crippen LogP contribution in [0.5, 0.6) is 0 Å². The van der Waals surface area contributed by atoms with Crippen LogP contribution in [0.2, 0.25) is 5.02 Å². The van der Waals surface area contributed by atoms with E-state index in [1.54, 1.807) is 19.9 Å². The predicted octanol–water partition coefficient (Wildman–Crippen LogP) is 6.86. The van der Waals surface area contributed by atoms with Gasteiger partial charge in [0.2, 0.25) is 0 Å². The SMILES string of the molecule is C=CC#N.C=CC(=O)OCC.CCC#N.CCC(=O)O.Clc1ccccc1.c1ccccc1. The molecule has 0 saturated carbocycles. The summed E-state index contributed by atoms with van der Waals surface area (Å²) in [7, 11) is 0. The first-order chi connectivity index (χ1) is 15.8. The summed E-state index contributed by atoms with van der Waals surface area (Å²) in [6.07, 6.45) is 3.17. The van der Waals surface area contributed by atoms with E-state index in [2.05, 4.69) is 17.9 Å². The monoisotopic (exact) mass is 472 g/mol. The number of carbonyl (C=O) groups excluding carboxylic acids is 1. The van der Waals surface area contributed by atoms with Crippen LogP contribution >= 0.6 is 11.6 Å². The third-order valence-corrected chi connectivity index (χ3v) is 2.66. The quantitative estimate of drug-likeness (QED) is 0.296. The summed E-state index contributed by atoms with van der Waals surface area (Å²) in [6.45, 7) is 11.9. The highest BCUT2D eigenvalue weighted by atomic mass is 35.5. The molecule has 0 aliphatic heterocycles. The predicted molar refractivity (Wildman–Crippen MR) is 134 cm³/mol. The molecule has 178 valence electrons. The van der Waals surface area contributed by atoms with Gasteiger partial charge in [-0.2, -0.15) is 10.5 Å². The van der Waals surface area contributed by atoms with E-state index in [-0.39, 0.29) is 12.4 Å². The van der Waals surface area contributed by atoms with E-state index in [0.717, 1.165) is 11.1 Å². The van der Waals surface area contributed by atoms with Crippen LogP contribution in [0.1, 0.15) is 33.6 Å². The van der Waals surface area contributed by atoms with E-state index in [1.807, 2.05) is 79.7 Å². The fraction of sp³-hybridized carbons (Fsp3) is 0.231. The van der Waals surface area contributed by atoms with Crippen molar-refractivity contribution in [2.24, 2.45) is 0 Å². The molecule has 2 aromatic carbocycles. The Labute approximate surface area is 203 Å². The van der Waals surface area contributed by atoms with Crippen molar-refractivity contribution in [1.82, 2.24) is 0 Å². The minimum absolute atomic E-state index is 0.222. The van der Waals surface area contributed by atoms with E-state index in [1.165, 1.54) is 6.08 Å². The lowest BCUT2D eigenvalue weighted by Gasteiger charge is -1.90. The molecular weight excluding hydrogens is 440 g/mol. The van der Waals surface area contributed by atoms with Crippen LogP contribution in [0.25, 0.3) is 0 Å². The Morgan fingerprint density at radius 1 is 0.970 bits per heavy atom. The molecule has 0 saturated heterocycles. The lowest BCUT2D eigenvalue weighted by Crippen LogP contribution is -1.97. The molecule has 2 aromatic rings. The van der Waals surface area contributed by atoms with E-state index in [4.69, 9.17) is 27.2 Å². The largest absolute Gasteiger partial charge is 0.481 e. The first kappa shape index (κ1) is 36.5. The van der Waals surface area contributed by atoms with Crippen molar-refractivity contribution in [2.45, 2.75) is 33.6 Å². The van der Waals surface area contributed by atoms with E-state index >= 15 is 0 Å². The molecule has 0 aliphatic rings. The van der Waals surface area contributed by atoms with Gasteiger partial charge in [-0.15, -0.1) is 0 Å². The van der Waals surface area contributed by atoms with Gasteiger partial charge in [0.15, 0.2) is 0 Å². The first-order valence-corrected chi connectivity index (χ1v) is 10.3. The fourth-order valence-electron chi connectivity index (χ4n) is 1.00. The Kier molecular flexibility index (Phi) is 39.3. The minimum atomic E-state index is -0.745. The molecule has 1 N–H and O–H groups in total. The zero-order valence-electron chi connectivity index (χ0n) is 19.5. The van der Waals surface area contributed by atoms with Gasteiger partial charge in [-0.1, -0.05) is 93.2 Å². The van der Waals surface area contributed by atoms with Gasteiger partial charge in [-0.3, -0.25) is 4.79 Å². The number of aliphatic carboxylic acids is 1. The number of carboxylic acids is 1. The number of ether oxygens (including phenoxy) is 1. The van der Waals surface area contributed by atoms with Gasteiger partial charge in [-0.05, 0) is 19.1 Å². The van der Waals surface area contributed by atoms with Crippen molar-refractivity contribution in [2.75, 3.05) is 6.61 Å². The molecule has 0 heterocycles. The molecule has 0 atom stereocenters. The van der Waals surface area contributed by atoms with E-state index in [9.17, 15) is 9.59 Å². The number of nitrogens with zero attached hydrogens (tertiary/aromatic N) is 2. The van der Waals surface area contributed by atoms with Crippen molar-refractivity contribution < 1.29 is 19.4 Å². The molecule has 0 radical (unpaired) electrons. The standard InChI is InChI=1S/C6H5Cl.C6H6.C5H8O2.C3H5N.C3H3N.C3H6O2/c7-6-4-2-1-3-5-6;1-2-4-6-5-3-1;1-3-5(6)7-4-2;2*1-2-3-4;1-2-3(4)5/h1-5H;1-6H;3H,1,4H2,2H3;2H2,1H3;2H,1H2;2H2,1H3,(H,4,5). The topological polar surface area (TPSA) is 111 Å². The molecule has 2 rings (SSSR count). The Bertz CT molecular complexity index is 757. The second-order valence-electron chi connectivity index (χ2n) is 5.00. The summed E-state index contributed by atoms with van der Waals surface area (Å²) >= 11 is 5.54. The molecule has 0 bridgehead atoms. The van der Waals surface area contributed by atoms with Gasteiger partial charge >= 0.3 is 11.9 Å². The molecule has 0 amide bonds. The number of carboxylic acid groups (broad SMARTS) is 1. The van der Waals surface area contributed by atoms with Crippen LogP contribution in [0.15, 0.2) is 92.0 Å². The second-order valence-corrected chi connectivity index (χ2v) is 5.44. The summed E-state index contributed by atoms with van der Waals surface area (Å²) in [5.74, 6) is -1.10. The lowest BCUT2D eigenvalue weighted by molar-refractivity contribution is -0.137. The third kappa shape index (κ3) is 52.5. The van der Waals surface area contributed by atoms with Crippen molar-refractivity contribution in [1.29, 1.82) is 10.5 Å². The molecule has 0 aliphatic carbocycles. The van der Waals surface area contributed by atoms with Crippen LogP contribution in [0.3, 0.4) is 0 Å². The summed E-state index contributed by atoms with van der Waals surface area (Å²) < 4.78 is 4.43. The smallest absolute Gasteiger partial charge is 0.330 e. The highest BCUT2D eigenvalue weighted by molar-refractivity contribution is 6.30. The van der Waals surface area contributed by atoms with Crippen LogP contribution < -0.4 is 0 Å². The van der Waals surface area contributed by atoms with Gasteiger partial charge < -0.3 is 9.84 Å². The number of hydrogen-bond acceptors (Lipinski definition) is 5. The van der Waals surface area contributed by atoms with Crippen molar-refractivity contribution in [3.05, 3.63) is 97.1 Å². The Hall–Kier alpha value is -3.87. The normalized spacial score (nSPS) is 7.09. The van der Waals surface area contributed by atoms with Crippen LogP contribution in [-0.2, 0) is 14.3 Å². The number of benzene rings is 2. The molecule has 0 spiro atoms. The maximum Gasteiger partial charge on any atom is 0.330 e. The highest BCUT2D eigenvalue weighted by Gasteiger charge is 1.86. The molecule has 0 aromatic heterocycles. The highest BCUT2D eigenvalue weighted by Crippen LogP contribution is 2.03. The van der Waals surface area contributed by atoms with Crippen molar-refractivity contribution >= 4 is 23.5 Å². The summed E-state index contributed by atoms with van der Waals surface area (Å²) in [4.78, 5) is 19.4. The van der Waals surface area contributed by atoms with Gasteiger partial charge in [0.1, 0.15) is 0 Å². The van der Waals surface area contributed by atoms with Crippen LogP contribution in [-0.4, -0.2) is 23.7 Å². The fourth-order valence-corrected chi connectivity index (χ4v) is 1.15. The van der Waals surface area contributed by atoms with Gasteiger partial charge in [0.05, 0.1) is 18.7 Å². The summed E-state index contributed by atoms with van der Waals surface area (Å²) in [6, 6.07) is 25.1. The number of rotatable bonds is 3.